The van der Waals surface area contributed by atoms with E-state index in [4.69, 9.17) is 5.73 Å². The Balaban J connectivity index is 1.94. The fourth-order valence-electron chi connectivity index (χ4n) is 3.39. The SMILES string of the molecule is C[C@@H](N)c1ccc(S(=O)(=O)C2CCCCC2)cc1/C=C/C1CC1. The highest BCUT2D eigenvalue weighted by molar-refractivity contribution is 7.92. The fraction of sp³-hybridized carbons (Fsp3) is 0.579. The lowest BCUT2D eigenvalue weighted by atomic mass is 10.0. The maximum Gasteiger partial charge on any atom is 0.181 e. The molecular formula is C19H27NO2S. The van der Waals surface area contributed by atoms with Crippen molar-refractivity contribution < 1.29 is 8.42 Å². The average molecular weight is 333 g/mol. The standard InChI is InChI=1S/C19H27NO2S/c1-14(20)19-12-11-18(13-16(19)10-9-15-7-8-15)23(21,22)17-5-3-2-4-6-17/h9-15,17H,2-8,20H2,1H3/b10-9+/t14-/m1/s1. The molecule has 1 aromatic rings. The molecule has 2 saturated carbocycles. The number of sulfone groups is 1. The molecule has 0 amide bonds. The van der Waals surface area contributed by atoms with E-state index in [1.165, 1.54) is 12.8 Å². The third kappa shape index (κ3) is 3.86. The smallest absolute Gasteiger partial charge is 0.181 e. The maximum atomic E-state index is 12.9. The minimum absolute atomic E-state index is 0.0970. The first-order chi connectivity index (χ1) is 11.0. The van der Waals surface area contributed by atoms with Gasteiger partial charge in [-0.15, -0.1) is 0 Å². The Morgan fingerprint density at radius 1 is 1.13 bits per heavy atom. The molecule has 0 saturated heterocycles. The Morgan fingerprint density at radius 2 is 1.83 bits per heavy atom. The van der Waals surface area contributed by atoms with Crippen LogP contribution in [0.15, 0.2) is 29.2 Å². The van der Waals surface area contributed by atoms with Gasteiger partial charge in [0.1, 0.15) is 0 Å². The fourth-order valence-corrected chi connectivity index (χ4v) is 5.27. The van der Waals surface area contributed by atoms with E-state index < -0.39 is 9.84 Å². The van der Waals surface area contributed by atoms with Crippen LogP contribution in [0, 0.1) is 5.92 Å². The van der Waals surface area contributed by atoms with Gasteiger partial charge < -0.3 is 5.73 Å². The van der Waals surface area contributed by atoms with Crippen molar-refractivity contribution in [1.82, 2.24) is 0 Å². The van der Waals surface area contributed by atoms with Crippen LogP contribution in [0.25, 0.3) is 6.08 Å². The molecule has 1 aromatic carbocycles. The van der Waals surface area contributed by atoms with E-state index in [0.29, 0.717) is 10.8 Å². The highest BCUT2D eigenvalue weighted by atomic mass is 32.2. The lowest BCUT2D eigenvalue weighted by molar-refractivity contribution is 0.483. The van der Waals surface area contributed by atoms with Crippen LogP contribution < -0.4 is 5.73 Å². The summed E-state index contributed by atoms with van der Waals surface area (Å²) >= 11 is 0. The van der Waals surface area contributed by atoms with Crippen molar-refractivity contribution in [1.29, 1.82) is 0 Å². The van der Waals surface area contributed by atoms with E-state index >= 15 is 0 Å². The molecule has 2 aliphatic carbocycles. The second-order valence-corrected chi connectivity index (χ2v) is 9.31. The second kappa shape index (κ2) is 6.78. The zero-order valence-electron chi connectivity index (χ0n) is 13.9. The van der Waals surface area contributed by atoms with E-state index in [0.717, 1.165) is 43.2 Å². The summed E-state index contributed by atoms with van der Waals surface area (Å²) in [4.78, 5) is 0.462. The number of nitrogens with two attached hydrogens (primary N) is 1. The number of benzene rings is 1. The zero-order chi connectivity index (χ0) is 16.4. The molecule has 0 heterocycles. The van der Waals surface area contributed by atoms with Gasteiger partial charge in [0.15, 0.2) is 9.84 Å². The summed E-state index contributed by atoms with van der Waals surface area (Å²) in [5.41, 5.74) is 8.04. The molecule has 0 radical (unpaired) electrons. The molecular weight excluding hydrogens is 306 g/mol. The van der Waals surface area contributed by atoms with Crippen LogP contribution in [0.2, 0.25) is 0 Å². The van der Waals surface area contributed by atoms with E-state index in [9.17, 15) is 8.42 Å². The molecule has 2 fully saturated rings. The molecule has 23 heavy (non-hydrogen) atoms. The van der Waals surface area contributed by atoms with Crippen LogP contribution in [-0.2, 0) is 9.84 Å². The monoisotopic (exact) mass is 333 g/mol. The molecule has 2 aliphatic rings. The number of allylic oxidation sites excluding steroid dienone is 1. The van der Waals surface area contributed by atoms with Gasteiger partial charge in [0.25, 0.3) is 0 Å². The molecule has 2 N–H and O–H groups in total. The van der Waals surface area contributed by atoms with Gasteiger partial charge in [-0.3, -0.25) is 0 Å². The Morgan fingerprint density at radius 3 is 2.43 bits per heavy atom. The van der Waals surface area contributed by atoms with Crippen LogP contribution in [-0.4, -0.2) is 13.7 Å². The molecule has 0 unspecified atom stereocenters. The second-order valence-electron chi connectivity index (χ2n) is 7.08. The molecule has 3 nitrogen and oxygen atoms in total. The largest absolute Gasteiger partial charge is 0.324 e. The summed E-state index contributed by atoms with van der Waals surface area (Å²) in [5, 5.41) is -0.210. The quantitative estimate of drug-likeness (QED) is 0.877. The van der Waals surface area contributed by atoms with E-state index in [-0.39, 0.29) is 11.3 Å². The van der Waals surface area contributed by atoms with Crippen LogP contribution in [0.3, 0.4) is 0 Å². The van der Waals surface area contributed by atoms with Gasteiger partial charge >= 0.3 is 0 Å². The van der Waals surface area contributed by atoms with Crippen LogP contribution in [0.4, 0.5) is 0 Å². The van der Waals surface area contributed by atoms with Gasteiger partial charge in [0.2, 0.25) is 0 Å². The van der Waals surface area contributed by atoms with Gasteiger partial charge in [-0.1, -0.05) is 37.5 Å². The van der Waals surface area contributed by atoms with Crippen LogP contribution in [0.1, 0.15) is 69.0 Å². The molecule has 0 aromatic heterocycles. The summed E-state index contributed by atoms with van der Waals surface area (Å²) in [6.45, 7) is 1.94. The maximum absolute atomic E-state index is 12.9. The van der Waals surface area contributed by atoms with Gasteiger partial charge in [0.05, 0.1) is 10.1 Å². The predicted octanol–water partition coefficient (Wildman–Crippen LogP) is 4.24. The lowest BCUT2D eigenvalue weighted by Crippen LogP contribution is -2.24. The zero-order valence-corrected chi connectivity index (χ0v) is 14.7. The van der Waals surface area contributed by atoms with Crippen molar-refractivity contribution in [2.24, 2.45) is 11.7 Å². The normalized spacial score (nSPS) is 21.7. The highest BCUT2D eigenvalue weighted by Crippen LogP contribution is 2.33. The number of hydrogen-bond acceptors (Lipinski definition) is 3. The number of rotatable bonds is 5. The molecule has 3 rings (SSSR count). The van der Waals surface area contributed by atoms with Gasteiger partial charge in [-0.05, 0) is 61.8 Å². The summed E-state index contributed by atoms with van der Waals surface area (Å²) in [6.07, 6.45) is 11.5. The van der Waals surface area contributed by atoms with Crippen molar-refractivity contribution >= 4 is 15.9 Å². The van der Waals surface area contributed by atoms with Gasteiger partial charge in [0, 0.05) is 6.04 Å². The Kier molecular flexibility index (Phi) is 4.93. The molecule has 0 spiro atoms. The number of hydrogen-bond donors (Lipinski definition) is 1. The van der Waals surface area contributed by atoms with E-state index in [1.54, 1.807) is 6.07 Å². The average Bonchev–Trinajstić information content (AvgIpc) is 3.37. The summed E-state index contributed by atoms with van der Waals surface area (Å²) in [7, 11) is -3.22. The highest BCUT2D eigenvalue weighted by Gasteiger charge is 2.29. The molecule has 1 atom stereocenters. The summed E-state index contributed by atoms with van der Waals surface area (Å²) < 4.78 is 25.8. The first-order valence-electron chi connectivity index (χ1n) is 8.80. The minimum atomic E-state index is -3.22. The molecule has 0 bridgehead atoms. The lowest BCUT2D eigenvalue weighted by Gasteiger charge is -2.22. The van der Waals surface area contributed by atoms with Gasteiger partial charge in [-0.2, -0.15) is 0 Å². The van der Waals surface area contributed by atoms with Crippen molar-refractivity contribution in [2.75, 3.05) is 0 Å². The van der Waals surface area contributed by atoms with Crippen molar-refractivity contribution in [3.05, 3.63) is 35.4 Å². The van der Waals surface area contributed by atoms with E-state index in [1.807, 2.05) is 19.1 Å². The van der Waals surface area contributed by atoms with Crippen LogP contribution in [0.5, 0.6) is 0 Å². The third-order valence-electron chi connectivity index (χ3n) is 5.04. The Hall–Kier alpha value is -1.13. The topological polar surface area (TPSA) is 60.2 Å². The first-order valence-corrected chi connectivity index (χ1v) is 10.3. The van der Waals surface area contributed by atoms with Crippen molar-refractivity contribution in [3.63, 3.8) is 0 Å². The van der Waals surface area contributed by atoms with Crippen molar-refractivity contribution in [2.45, 2.75) is 68.1 Å². The van der Waals surface area contributed by atoms with E-state index in [2.05, 4.69) is 12.2 Å². The van der Waals surface area contributed by atoms with Crippen molar-refractivity contribution in [3.8, 4) is 0 Å². The molecule has 4 heteroatoms. The van der Waals surface area contributed by atoms with Crippen LogP contribution >= 0.6 is 0 Å². The Bertz CT molecular complexity index is 681. The molecule has 0 aliphatic heterocycles. The summed E-state index contributed by atoms with van der Waals surface area (Å²) in [6, 6.07) is 5.38. The predicted molar refractivity (Wildman–Crippen MR) is 94.9 cm³/mol. The first kappa shape index (κ1) is 16.7. The van der Waals surface area contributed by atoms with Gasteiger partial charge in [-0.25, -0.2) is 8.42 Å². The minimum Gasteiger partial charge on any atom is -0.324 e. The summed E-state index contributed by atoms with van der Waals surface area (Å²) in [5.74, 6) is 0.662. The molecule has 126 valence electrons. The third-order valence-corrected chi connectivity index (χ3v) is 7.30. The Labute approximate surface area is 139 Å².